The van der Waals surface area contributed by atoms with Crippen LogP contribution in [0.4, 0.5) is 4.39 Å². The average molecular weight is 332 g/mol. The number of hydrogen-bond donors (Lipinski definition) is 2. The van der Waals surface area contributed by atoms with E-state index in [2.05, 4.69) is 15.3 Å². The SMILES string of the molecule is CC.CC=N/C(C(=O)NCc1ccc(F)cc1)=C(/O)C(C)=NC#N. The normalized spacial score (nSPS) is 11.9. The molecule has 1 rings (SSSR count). The molecule has 128 valence electrons. The van der Waals surface area contributed by atoms with Crippen molar-refractivity contribution in [2.75, 3.05) is 0 Å². The first-order chi connectivity index (χ1) is 11.5. The molecule has 1 aromatic carbocycles. The minimum absolute atomic E-state index is 0.0139. The maximum atomic E-state index is 12.8. The van der Waals surface area contributed by atoms with Crippen LogP contribution in [-0.2, 0) is 11.3 Å². The van der Waals surface area contributed by atoms with Crippen LogP contribution in [0.3, 0.4) is 0 Å². The largest absolute Gasteiger partial charge is 0.504 e. The molecule has 2 N–H and O–H groups in total. The lowest BCUT2D eigenvalue weighted by Gasteiger charge is -2.07. The van der Waals surface area contributed by atoms with Gasteiger partial charge in [-0.05, 0) is 31.5 Å². The number of amides is 1. The van der Waals surface area contributed by atoms with E-state index in [1.54, 1.807) is 6.92 Å². The highest BCUT2D eigenvalue weighted by Crippen LogP contribution is 2.08. The Morgan fingerprint density at radius 2 is 1.96 bits per heavy atom. The van der Waals surface area contributed by atoms with Gasteiger partial charge in [0.05, 0.1) is 5.71 Å². The van der Waals surface area contributed by atoms with E-state index in [9.17, 15) is 14.3 Å². The molecular formula is C17H21FN4O2. The van der Waals surface area contributed by atoms with Crippen LogP contribution < -0.4 is 5.32 Å². The molecule has 0 saturated carbocycles. The second-order valence-corrected chi connectivity index (χ2v) is 4.19. The van der Waals surface area contributed by atoms with Crippen molar-refractivity contribution in [2.24, 2.45) is 9.98 Å². The smallest absolute Gasteiger partial charge is 0.274 e. The summed E-state index contributed by atoms with van der Waals surface area (Å²) >= 11 is 0. The number of nitrogens with one attached hydrogen (secondary N) is 1. The molecule has 0 unspecified atom stereocenters. The van der Waals surface area contributed by atoms with Gasteiger partial charge in [0.1, 0.15) is 5.82 Å². The average Bonchev–Trinajstić information content (AvgIpc) is 2.60. The number of aliphatic imine (C=N–C) groups is 2. The molecule has 7 heteroatoms. The van der Waals surface area contributed by atoms with Gasteiger partial charge in [0.25, 0.3) is 5.91 Å². The molecule has 0 aliphatic heterocycles. The Bertz CT molecular complexity index is 671. The van der Waals surface area contributed by atoms with Crippen molar-refractivity contribution < 1.29 is 14.3 Å². The van der Waals surface area contributed by atoms with Crippen LogP contribution in [0, 0.1) is 17.3 Å². The summed E-state index contributed by atoms with van der Waals surface area (Å²) in [5.74, 6) is -1.48. The van der Waals surface area contributed by atoms with E-state index in [1.165, 1.54) is 43.6 Å². The summed E-state index contributed by atoms with van der Waals surface area (Å²) in [5, 5.41) is 20.9. The standard InChI is InChI=1S/C15H15FN4O2.C2H6/c1-3-18-13(14(21)10(2)20-9-17)15(22)19-8-11-4-6-12(16)7-5-11;1-2/h3-7,21H,8H2,1-2H3,(H,19,22);1-2H3/b14-13+,18-3?,20-10?;. The number of rotatable bonds is 5. The monoisotopic (exact) mass is 332 g/mol. The fourth-order valence-electron chi connectivity index (χ4n) is 1.52. The number of allylic oxidation sites excluding steroid dienone is 1. The van der Waals surface area contributed by atoms with Gasteiger partial charge in [-0.3, -0.25) is 9.79 Å². The third-order valence-electron chi connectivity index (χ3n) is 2.62. The van der Waals surface area contributed by atoms with E-state index >= 15 is 0 Å². The van der Waals surface area contributed by atoms with Gasteiger partial charge in [-0.25, -0.2) is 4.39 Å². The fraction of sp³-hybridized carbons (Fsp3) is 0.294. The summed E-state index contributed by atoms with van der Waals surface area (Å²) in [6.07, 6.45) is 2.86. The van der Waals surface area contributed by atoms with Crippen molar-refractivity contribution in [3.8, 4) is 6.19 Å². The number of carbonyl (C=O) groups is 1. The first kappa shape index (κ1) is 21.0. The van der Waals surface area contributed by atoms with Crippen LogP contribution in [0.2, 0.25) is 0 Å². The van der Waals surface area contributed by atoms with E-state index in [-0.39, 0.29) is 23.8 Å². The van der Waals surface area contributed by atoms with Crippen molar-refractivity contribution in [3.05, 3.63) is 47.1 Å². The molecule has 0 aromatic heterocycles. The molecule has 0 aliphatic rings. The molecule has 0 spiro atoms. The second-order valence-electron chi connectivity index (χ2n) is 4.19. The molecule has 0 fully saturated rings. The Kier molecular flexibility index (Phi) is 10.1. The van der Waals surface area contributed by atoms with Gasteiger partial charge >= 0.3 is 0 Å². The number of benzene rings is 1. The van der Waals surface area contributed by atoms with Gasteiger partial charge in [0.15, 0.2) is 11.5 Å². The number of halogens is 1. The highest BCUT2D eigenvalue weighted by atomic mass is 19.1. The summed E-state index contributed by atoms with van der Waals surface area (Å²) < 4.78 is 12.8. The zero-order chi connectivity index (χ0) is 18.5. The predicted octanol–water partition coefficient (Wildman–Crippen LogP) is 3.27. The summed E-state index contributed by atoms with van der Waals surface area (Å²) in [7, 11) is 0. The molecule has 24 heavy (non-hydrogen) atoms. The number of aliphatic hydroxyl groups is 1. The van der Waals surface area contributed by atoms with Crippen molar-refractivity contribution in [2.45, 2.75) is 34.2 Å². The fourth-order valence-corrected chi connectivity index (χ4v) is 1.52. The van der Waals surface area contributed by atoms with Crippen LogP contribution in [-0.4, -0.2) is 22.9 Å². The van der Waals surface area contributed by atoms with Gasteiger partial charge in [0.2, 0.25) is 6.19 Å². The number of nitriles is 1. The van der Waals surface area contributed by atoms with E-state index in [1.807, 2.05) is 13.8 Å². The van der Waals surface area contributed by atoms with Crippen LogP contribution >= 0.6 is 0 Å². The number of nitrogens with zero attached hydrogens (tertiary/aromatic N) is 3. The maximum Gasteiger partial charge on any atom is 0.274 e. The lowest BCUT2D eigenvalue weighted by atomic mass is 10.2. The van der Waals surface area contributed by atoms with Crippen LogP contribution in [0.25, 0.3) is 0 Å². The first-order valence-corrected chi connectivity index (χ1v) is 7.38. The number of carbonyl (C=O) groups excluding carboxylic acids is 1. The Morgan fingerprint density at radius 1 is 1.38 bits per heavy atom. The van der Waals surface area contributed by atoms with E-state index in [0.29, 0.717) is 5.56 Å². The zero-order valence-electron chi connectivity index (χ0n) is 14.2. The molecule has 1 amide bonds. The predicted molar refractivity (Wildman–Crippen MR) is 92.1 cm³/mol. The minimum Gasteiger partial charge on any atom is -0.504 e. The van der Waals surface area contributed by atoms with Crippen LogP contribution in [0.5, 0.6) is 0 Å². The van der Waals surface area contributed by atoms with E-state index < -0.39 is 11.7 Å². The third kappa shape index (κ3) is 6.83. The van der Waals surface area contributed by atoms with Crippen molar-refractivity contribution >= 4 is 17.8 Å². The molecule has 0 atom stereocenters. The van der Waals surface area contributed by atoms with Gasteiger partial charge in [0, 0.05) is 12.8 Å². The summed E-state index contributed by atoms with van der Waals surface area (Å²) in [6, 6.07) is 5.63. The van der Waals surface area contributed by atoms with Gasteiger partial charge in [-0.1, -0.05) is 26.0 Å². The quantitative estimate of drug-likeness (QED) is 0.375. The van der Waals surface area contributed by atoms with Gasteiger partial charge in [-0.2, -0.15) is 10.3 Å². The number of aliphatic hydroxyl groups excluding tert-OH is 1. The Balaban J connectivity index is 0.00000254. The highest BCUT2D eigenvalue weighted by molar-refractivity contribution is 6.06. The molecule has 0 aliphatic carbocycles. The topological polar surface area (TPSA) is 97.8 Å². The zero-order valence-corrected chi connectivity index (χ0v) is 14.2. The third-order valence-corrected chi connectivity index (χ3v) is 2.62. The van der Waals surface area contributed by atoms with Crippen molar-refractivity contribution in [1.82, 2.24) is 5.32 Å². The molecule has 0 radical (unpaired) electrons. The molecule has 1 aromatic rings. The van der Waals surface area contributed by atoms with Crippen molar-refractivity contribution in [3.63, 3.8) is 0 Å². The maximum absolute atomic E-state index is 12.8. The van der Waals surface area contributed by atoms with Crippen LogP contribution in [0.1, 0.15) is 33.3 Å². The Labute approximate surface area is 141 Å². The molecule has 6 nitrogen and oxygen atoms in total. The second kappa shape index (κ2) is 11.5. The summed E-state index contributed by atoms with van der Waals surface area (Å²) in [5.41, 5.74) is 0.428. The lowest BCUT2D eigenvalue weighted by Crippen LogP contribution is -2.25. The highest BCUT2D eigenvalue weighted by Gasteiger charge is 2.16. The van der Waals surface area contributed by atoms with Crippen LogP contribution in [0.15, 0.2) is 45.7 Å². The Hall–Kier alpha value is -3.01. The van der Waals surface area contributed by atoms with E-state index in [0.717, 1.165) is 0 Å². The molecule has 0 saturated heterocycles. The van der Waals surface area contributed by atoms with Gasteiger partial charge < -0.3 is 10.4 Å². The summed E-state index contributed by atoms with van der Waals surface area (Å²) in [6.45, 7) is 7.11. The minimum atomic E-state index is -0.632. The lowest BCUT2D eigenvalue weighted by molar-refractivity contribution is -0.117. The first-order valence-electron chi connectivity index (χ1n) is 7.38. The Morgan fingerprint density at radius 3 is 2.46 bits per heavy atom. The summed E-state index contributed by atoms with van der Waals surface area (Å²) in [4.78, 5) is 19.2. The van der Waals surface area contributed by atoms with Crippen molar-refractivity contribution in [1.29, 1.82) is 5.26 Å². The number of hydrogen-bond acceptors (Lipinski definition) is 5. The van der Waals surface area contributed by atoms with E-state index in [4.69, 9.17) is 5.26 Å². The molecular weight excluding hydrogens is 311 g/mol. The molecule has 0 bridgehead atoms. The van der Waals surface area contributed by atoms with Gasteiger partial charge in [-0.15, -0.1) is 0 Å². The molecule has 0 heterocycles.